The van der Waals surface area contributed by atoms with Crippen LogP contribution in [0.3, 0.4) is 0 Å². The highest BCUT2D eigenvalue weighted by atomic mass is 16.3. The van der Waals surface area contributed by atoms with Crippen LogP contribution in [0.15, 0.2) is 40.6 Å². The number of hydrogen-bond donors (Lipinski definition) is 4. The van der Waals surface area contributed by atoms with Crippen LogP contribution >= 0.6 is 0 Å². The van der Waals surface area contributed by atoms with Gasteiger partial charge in [-0.25, -0.2) is 0 Å². The third kappa shape index (κ3) is 7.85. The lowest BCUT2D eigenvalue weighted by atomic mass is 10.0. The maximum absolute atomic E-state index is 12.4. The molecule has 8 nitrogen and oxygen atoms in total. The van der Waals surface area contributed by atoms with Gasteiger partial charge in [0.2, 0.25) is 0 Å². The van der Waals surface area contributed by atoms with Gasteiger partial charge >= 0.3 is 0 Å². The van der Waals surface area contributed by atoms with Crippen molar-refractivity contribution in [2.24, 2.45) is 10.2 Å². The topological polar surface area (TPSA) is 115 Å². The Morgan fingerprint density at radius 3 is 2.25 bits per heavy atom. The van der Waals surface area contributed by atoms with Gasteiger partial charge in [-0.15, -0.1) is 10.2 Å². The summed E-state index contributed by atoms with van der Waals surface area (Å²) in [4.78, 5) is 12.4. The number of amides is 1. The second kappa shape index (κ2) is 11.5. The monoisotopic (exact) mass is 443 g/mol. The van der Waals surface area contributed by atoms with Crippen LogP contribution in [0.5, 0.6) is 17.2 Å². The minimum atomic E-state index is -0.267. The molecule has 32 heavy (non-hydrogen) atoms. The lowest BCUT2D eigenvalue weighted by Crippen LogP contribution is -2.41. The molecule has 0 bridgehead atoms. The van der Waals surface area contributed by atoms with Gasteiger partial charge in [-0.05, 0) is 42.7 Å². The molecule has 0 heterocycles. The molecule has 0 saturated carbocycles. The summed E-state index contributed by atoms with van der Waals surface area (Å²) >= 11 is 0. The smallest absolute Gasteiger partial charge is 0.251 e. The van der Waals surface area contributed by atoms with E-state index in [1.807, 2.05) is 21.1 Å². The largest absolute Gasteiger partial charge is 0.508 e. The molecule has 0 spiro atoms. The predicted octanol–water partition coefficient (Wildman–Crippen LogP) is 4.78. The molecule has 2 aromatic carbocycles. The fourth-order valence-corrected chi connectivity index (χ4v) is 3.09. The van der Waals surface area contributed by atoms with Crippen LogP contribution in [0, 0.1) is 0 Å². The van der Waals surface area contributed by atoms with E-state index in [0.717, 1.165) is 36.7 Å². The van der Waals surface area contributed by atoms with Gasteiger partial charge in [0, 0.05) is 11.6 Å². The van der Waals surface area contributed by atoms with Crippen molar-refractivity contribution in [2.45, 2.75) is 39.0 Å². The number of unbranched alkanes of at least 4 members (excludes halogenated alkanes) is 3. The summed E-state index contributed by atoms with van der Waals surface area (Å²) in [7, 11) is 6.13. The zero-order valence-corrected chi connectivity index (χ0v) is 19.4. The Bertz CT molecular complexity index is 952. The third-order valence-corrected chi connectivity index (χ3v) is 5.05. The van der Waals surface area contributed by atoms with E-state index in [2.05, 4.69) is 22.5 Å². The Morgan fingerprint density at radius 2 is 1.59 bits per heavy atom. The van der Waals surface area contributed by atoms with E-state index in [1.165, 1.54) is 24.3 Å². The van der Waals surface area contributed by atoms with Crippen LogP contribution in [0.2, 0.25) is 0 Å². The van der Waals surface area contributed by atoms with Gasteiger partial charge in [0.05, 0.1) is 34.2 Å². The Kier molecular flexibility index (Phi) is 9.02. The van der Waals surface area contributed by atoms with Crippen LogP contribution in [-0.2, 0) is 6.42 Å². The molecule has 0 aliphatic heterocycles. The van der Waals surface area contributed by atoms with E-state index in [9.17, 15) is 20.1 Å². The van der Waals surface area contributed by atoms with Crippen molar-refractivity contribution in [2.75, 3.05) is 34.2 Å². The van der Waals surface area contributed by atoms with Gasteiger partial charge in [-0.2, -0.15) is 0 Å². The van der Waals surface area contributed by atoms with Crippen molar-refractivity contribution in [3.05, 3.63) is 41.5 Å². The maximum Gasteiger partial charge on any atom is 0.251 e. The molecule has 4 N–H and O–H groups in total. The number of carbonyl (C=O) groups is 1. The molecule has 0 saturated heterocycles. The molecule has 2 aromatic rings. The molecule has 0 fully saturated rings. The number of phenolic OH excluding ortho intramolecular Hbond substituents is 3. The molecule has 0 aliphatic rings. The normalized spacial score (nSPS) is 11.8. The lowest BCUT2D eigenvalue weighted by Gasteiger charge is -2.23. The molecule has 0 atom stereocenters. The van der Waals surface area contributed by atoms with Crippen LogP contribution < -0.4 is 5.32 Å². The molecular weight excluding hydrogens is 408 g/mol. The van der Waals surface area contributed by atoms with Crippen molar-refractivity contribution in [1.82, 2.24) is 5.32 Å². The van der Waals surface area contributed by atoms with Crippen LogP contribution in [0.4, 0.5) is 11.4 Å². The minimum Gasteiger partial charge on any atom is -0.508 e. The fourth-order valence-electron chi connectivity index (χ4n) is 3.09. The number of quaternary nitrogens is 1. The quantitative estimate of drug-likeness (QED) is 0.227. The van der Waals surface area contributed by atoms with Crippen molar-refractivity contribution < 1.29 is 24.6 Å². The summed E-state index contributed by atoms with van der Waals surface area (Å²) in [5.74, 6) is -0.586. The Labute approximate surface area is 189 Å². The number of aryl methyl sites for hydroxylation is 1. The van der Waals surface area contributed by atoms with Crippen LogP contribution in [0.1, 0.15) is 48.5 Å². The third-order valence-electron chi connectivity index (χ3n) is 5.05. The van der Waals surface area contributed by atoms with Crippen LogP contribution in [-0.4, -0.2) is 59.9 Å². The number of phenols is 3. The highest BCUT2D eigenvalue weighted by molar-refractivity contribution is 5.95. The van der Waals surface area contributed by atoms with Crippen molar-refractivity contribution in [3.63, 3.8) is 0 Å². The Hall–Kier alpha value is -3.13. The molecular formula is C24H35N4O4+. The molecule has 0 unspecified atom stereocenters. The van der Waals surface area contributed by atoms with Gasteiger partial charge < -0.3 is 25.1 Å². The predicted molar refractivity (Wildman–Crippen MR) is 125 cm³/mol. The standard InChI is InChI=1S/C24H34N4O4/c1-5-6-7-8-9-17-14-20(23(31)16-22(17)30)27-26-19-15-18(10-11-21(19)29)24(32)25-12-13-28(2,3)4/h10-11,14-16H,5-9,12-13H2,1-4H3,(H3-,25,26,27,29,30,31,32)/p+1. The summed E-state index contributed by atoms with van der Waals surface area (Å²) in [5.41, 5.74) is 1.33. The molecule has 174 valence electrons. The second-order valence-electron chi connectivity index (χ2n) is 8.95. The molecule has 0 aliphatic carbocycles. The van der Waals surface area contributed by atoms with Crippen molar-refractivity contribution in [3.8, 4) is 17.2 Å². The number of benzene rings is 2. The summed E-state index contributed by atoms with van der Waals surface area (Å²) in [6.45, 7) is 3.43. The van der Waals surface area contributed by atoms with Gasteiger partial charge in [0.25, 0.3) is 5.91 Å². The number of rotatable bonds is 11. The first-order chi connectivity index (χ1) is 15.1. The first-order valence-electron chi connectivity index (χ1n) is 11.0. The highest BCUT2D eigenvalue weighted by Gasteiger charge is 2.13. The average molecular weight is 444 g/mol. The Balaban J connectivity index is 2.15. The highest BCUT2D eigenvalue weighted by Crippen LogP contribution is 2.36. The van der Waals surface area contributed by atoms with Crippen molar-refractivity contribution in [1.29, 1.82) is 0 Å². The number of hydrogen-bond acceptors (Lipinski definition) is 6. The van der Waals surface area contributed by atoms with Gasteiger partial charge in [-0.3, -0.25) is 4.79 Å². The zero-order chi connectivity index (χ0) is 23.7. The average Bonchev–Trinajstić information content (AvgIpc) is 2.71. The molecule has 2 rings (SSSR count). The van der Waals surface area contributed by atoms with Crippen molar-refractivity contribution >= 4 is 17.3 Å². The zero-order valence-electron chi connectivity index (χ0n) is 19.4. The number of nitrogens with one attached hydrogen (secondary N) is 1. The van der Waals surface area contributed by atoms with Gasteiger partial charge in [0.1, 0.15) is 28.6 Å². The first kappa shape index (κ1) is 25.1. The number of carbonyl (C=O) groups excluding carboxylic acids is 1. The first-order valence-corrected chi connectivity index (χ1v) is 11.0. The number of azo groups is 1. The fraction of sp³-hybridized carbons (Fsp3) is 0.458. The van der Waals surface area contributed by atoms with Gasteiger partial charge in [0.15, 0.2) is 0 Å². The minimum absolute atomic E-state index is 0.0216. The molecule has 1 amide bonds. The summed E-state index contributed by atoms with van der Waals surface area (Å²) in [6.07, 6.45) is 4.91. The van der Waals surface area contributed by atoms with E-state index >= 15 is 0 Å². The van der Waals surface area contributed by atoms with Crippen LogP contribution in [0.25, 0.3) is 0 Å². The summed E-state index contributed by atoms with van der Waals surface area (Å²) in [5, 5.41) is 41.3. The SMILES string of the molecule is CCCCCCc1cc(N=Nc2cc(C(=O)NCC[N+](C)(C)C)ccc2O)c(O)cc1O. The number of likely N-dealkylation sites (N-methyl/N-ethyl adjacent to an activating group) is 1. The number of aromatic hydroxyl groups is 3. The second-order valence-corrected chi connectivity index (χ2v) is 8.95. The van der Waals surface area contributed by atoms with Gasteiger partial charge in [-0.1, -0.05) is 26.2 Å². The molecule has 0 aromatic heterocycles. The van der Waals surface area contributed by atoms with E-state index in [-0.39, 0.29) is 34.5 Å². The number of nitrogens with zero attached hydrogens (tertiary/aromatic N) is 3. The van der Waals surface area contributed by atoms with E-state index in [0.29, 0.717) is 24.1 Å². The lowest BCUT2D eigenvalue weighted by molar-refractivity contribution is -0.869. The van der Waals surface area contributed by atoms with E-state index in [1.54, 1.807) is 6.07 Å². The molecule has 8 heteroatoms. The van der Waals surface area contributed by atoms with E-state index < -0.39 is 0 Å². The maximum atomic E-state index is 12.4. The summed E-state index contributed by atoms with van der Waals surface area (Å²) in [6, 6.07) is 7.20. The van der Waals surface area contributed by atoms with E-state index in [4.69, 9.17) is 0 Å². The Morgan fingerprint density at radius 1 is 0.906 bits per heavy atom. The summed E-state index contributed by atoms with van der Waals surface area (Å²) < 4.78 is 0.728. The molecule has 0 radical (unpaired) electrons.